The number of hydrogen-bond acceptors (Lipinski definition) is 3. The van der Waals surface area contributed by atoms with Crippen LogP contribution in [-0.2, 0) is 9.59 Å². The standard InChI is InChI=1S/C20H27N3O2/c1-22(2)19(25)20(21-17-11-4-3-5-12-17)13-8-14-23(15-20)18(24)16-9-6-7-10-16/h3-7,11-12,16,21H,8-10,13-15H2,1-2H3. The van der Waals surface area contributed by atoms with Gasteiger partial charge in [-0.1, -0.05) is 30.4 Å². The zero-order valence-corrected chi connectivity index (χ0v) is 15.1. The van der Waals surface area contributed by atoms with Gasteiger partial charge in [-0.2, -0.15) is 0 Å². The fourth-order valence-electron chi connectivity index (χ4n) is 3.88. The van der Waals surface area contributed by atoms with Gasteiger partial charge < -0.3 is 15.1 Å². The van der Waals surface area contributed by atoms with Gasteiger partial charge in [-0.3, -0.25) is 9.59 Å². The van der Waals surface area contributed by atoms with Crippen molar-refractivity contribution in [2.45, 2.75) is 31.2 Å². The van der Waals surface area contributed by atoms with Crippen molar-refractivity contribution in [2.75, 3.05) is 32.5 Å². The third-order valence-electron chi connectivity index (χ3n) is 5.13. The minimum absolute atomic E-state index is 0.0263. The second-order valence-corrected chi connectivity index (χ2v) is 7.28. The van der Waals surface area contributed by atoms with Gasteiger partial charge in [0.1, 0.15) is 5.54 Å². The monoisotopic (exact) mass is 341 g/mol. The fourth-order valence-corrected chi connectivity index (χ4v) is 3.88. The Morgan fingerprint density at radius 3 is 2.48 bits per heavy atom. The molecule has 5 nitrogen and oxygen atoms in total. The van der Waals surface area contributed by atoms with Crippen molar-refractivity contribution in [3.63, 3.8) is 0 Å². The Morgan fingerprint density at radius 1 is 1.16 bits per heavy atom. The van der Waals surface area contributed by atoms with E-state index >= 15 is 0 Å². The van der Waals surface area contributed by atoms with Crippen molar-refractivity contribution in [2.24, 2.45) is 5.92 Å². The van der Waals surface area contributed by atoms with Crippen LogP contribution in [0.5, 0.6) is 0 Å². The van der Waals surface area contributed by atoms with Gasteiger partial charge >= 0.3 is 0 Å². The third-order valence-corrected chi connectivity index (χ3v) is 5.13. The topological polar surface area (TPSA) is 52.7 Å². The summed E-state index contributed by atoms with van der Waals surface area (Å²) >= 11 is 0. The second-order valence-electron chi connectivity index (χ2n) is 7.28. The number of amides is 2. The first-order valence-electron chi connectivity index (χ1n) is 9.01. The van der Waals surface area contributed by atoms with Crippen molar-refractivity contribution in [1.82, 2.24) is 9.80 Å². The number of likely N-dealkylation sites (N-methyl/N-ethyl adjacent to an activating group) is 1. The first kappa shape index (κ1) is 17.5. The van der Waals surface area contributed by atoms with Crippen LogP contribution < -0.4 is 5.32 Å². The quantitative estimate of drug-likeness (QED) is 0.856. The number of para-hydroxylation sites is 1. The van der Waals surface area contributed by atoms with Crippen molar-refractivity contribution < 1.29 is 9.59 Å². The lowest BCUT2D eigenvalue weighted by atomic mass is 9.86. The molecule has 1 saturated heterocycles. The maximum Gasteiger partial charge on any atom is 0.249 e. The molecule has 0 spiro atoms. The van der Waals surface area contributed by atoms with Crippen LogP contribution >= 0.6 is 0 Å². The molecule has 1 unspecified atom stereocenters. The van der Waals surface area contributed by atoms with E-state index in [-0.39, 0.29) is 17.7 Å². The number of anilines is 1. The highest BCUT2D eigenvalue weighted by Gasteiger charge is 2.45. The van der Waals surface area contributed by atoms with Gasteiger partial charge in [0.15, 0.2) is 0 Å². The van der Waals surface area contributed by atoms with Crippen molar-refractivity contribution in [3.8, 4) is 0 Å². The molecule has 1 atom stereocenters. The lowest BCUT2D eigenvalue weighted by molar-refractivity contribution is -0.142. The molecule has 2 amide bonds. The number of likely N-dealkylation sites (tertiary alicyclic amines) is 1. The minimum Gasteiger partial charge on any atom is -0.370 e. The van der Waals surface area contributed by atoms with Crippen molar-refractivity contribution in [3.05, 3.63) is 42.5 Å². The Labute approximate surface area is 149 Å². The number of piperidine rings is 1. The van der Waals surface area contributed by atoms with Crippen molar-refractivity contribution >= 4 is 17.5 Å². The smallest absolute Gasteiger partial charge is 0.249 e. The maximum absolute atomic E-state index is 13.0. The van der Waals surface area contributed by atoms with Gasteiger partial charge in [0, 0.05) is 32.2 Å². The van der Waals surface area contributed by atoms with Gasteiger partial charge in [0.05, 0.1) is 6.54 Å². The molecular formula is C20H27N3O2. The van der Waals surface area contributed by atoms with E-state index in [4.69, 9.17) is 0 Å². The van der Waals surface area contributed by atoms with Gasteiger partial charge in [-0.25, -0.2) is 0 Å². The summed E-state index contributed by atoms with van der Waals surface area (Å²) in [6, 6.07) is 9.78. The van der Waals surface area contributed by atoms with Gasteiger partial charge in [0.2, 0.25) is 11.8 Å². The molecule has 2 aliphatic rings. The zero-order chi connectivity index (χ0) is 17.9. The number of carbonyl (C=O) groups excluding carboxylic acids is 2. The SMILES string of the molecule is CN(C)C(=O)C1(Nc2ccccc2)CCCN(C(=O)C2CC=CC2)C1. The fraction of sp³-hybridized carbons (Fsp3) is 0.500. The molecule has 0 bridgehead atoms. The predicted octanol–water partition coefficient (Wildman–Crippen LogP) is 2.51. The number of carbonyl (C=O) groups is 2. The lowest BCUT2D eigenvalue weighted by Gasteiger charge is -2.44. The molecule has 1 N–H and O–H groups in total. The highest BCUT2D eigenvalue weighted by atomic mass is 16.2. The average Bonchev–Trinajstić information content (AvgIpc) is 3.16. The Kier molecular flexibility index (Phi) is 5.11. The van der Waals surface area contributed by atoms with Gasteiger partial charge in [-0.05, 0) is 37.8 Å². The Bertz CT molecular complexity index is 648. The van der Waals surface area contributed by atoms with E-state index in [1.54, 1.807) is 19.0 Å². The van der Waals surface area contributed by atoms with E-state index in [0.29, 0.717) is 6.54 Å². The molecule has 1 aromatic rings. The highest BCUT2D eigenvalue weighted by Crippen LogP contribution is 2.30. The van der Waals surface area contributed by atoms with E-state index < -0.39 is 5.54 Å². The van der Waals surface area contributed by atoms with Crippen LogP contribution in [0.1, 0.15) is 25.7 Å². The first-order chi connectivity index (χ1) is 12.0. The molecule has 3 rings (SSSR count). The molecule has 134 valence electrons. The van der Waals surface area contributed by atoms with E-state index in [2.05, 4.69) is 17.5 Å². The van der Waals surface area contributed by atoms with E-state index in [1.165, 1.54) is 0 Å². The summed E-state index contributed by atoms with van der Waals surface area (Å²) in [5.74, 6) is 0.246. The number of nitrogens with zero attached hydrogens (tertiary/aromatic N) is 2. The van der Waals surface area contributed by atoms with Crippen LogP contribution in [0.25, 0.3) is 0 Å². The van der Waals surface area contributed by atoms with E-state index in [0.717, 1.165) is 37.9 Å². The molecule has 25 heavy (non-hydrogen) atoms. The molecule has 0 aromatic heterocycles. The molecule has 1 aromatic carbocycles. The summed E-state index contributed by atoms with van der Waals surface area (Å²) in [5.41, 5.74) is 0.152. The normalized spacial score (nSPS) is 23.5. The lowest BCUT2D eigenvalue weighted by Crippen LogP contribution is -2.62. The number of allylic oxidation sites excluding steroid dienone is 2. The minimum atomic E-state index is -0.759. The summed E-state index contributed by atoms with van der Waals surface area (Å²) in [4.78, 5) is 29.4. The Balaban J connectivity index is 1.83. The number of benzene rings is 1. The molecule has 0 saturated carbocycles. The molecule has 0 radical (unpaired) electrons. The first-order valence-corrected chi connectivity index (χ1v) is 9.01. The second kappa shape index (κ2) is 7.30. The molecule has 1 aliphatic heterocycles. The largest absolute Gasteiger partial charge is 0.370 e. The molecule has 1 aliphatic carbocycles. The molecular weight excluding hydrogens is 314 g/mol. The third kappa shape index (κ3) is 3.70. The van der Waals surface area contributed by atoms with Crippen LogP contribution in [0.2, 0.25) is 0 Å². The summed E-state index contributed by atoms with van der Waals surface area (Å²) in [6.45, 7) is 1.16. The summed E-state index contributed by atoms with van der Waals surface area (Å²) in [7, 11) is 3.55. The average molecular weight is 341 g/mol. The molecule has 5 heteroatoms. The number of rotatable bonds is 4. The van der Waals surface area contributed by atoms with Gasteiger partial charge in [-0.15, -0.1) is 0 Å². The molecule has 1 heterocycles. The molecule has 1 fully saturated rings. The zero-order valence-electron chi connectivity index (χ0n) is 15.1. The number of hydrogen-bond donors (Lipinski definition) is 1. The van der Waals surface area contributed by atoms with E-state index in [1.807, 2.05) is 35.2 Å². The van der Waals surface area contributed by atoms with Crippen LogP contribution in [0.15, 0.2) is 42.5 Å². The Morgan fingerprint density at radius 2 is 1.84 bits per heavy atom. The summed E-state index contributed by atoms with van der Waals surface area (Å²) in [5, 5.41) is 3.45. The van der Waals surface area contributed by atoms with Gasteiger partial charge in [0.25, 0.3) is 0 Å². The Hall–Kier alpha value is -2.30. The van der Waals surface area contributed by atoms with Crippen LogP contribution in [0.3, 0.4) is 0 Å². The van der Waals surface area contributed by atoms with Crippen molar-refractivity contribution in [1.29, 1.82) is 0 Å². The highest BCUT2D eigenvalue weighted by molar-refractivity contribution is 5.91. The van der Waals surface area contributed by atoms with Crippen LogP contribution in [0.4, 0.5) is 5.69 Å². The summed E-state index contributed by atoms with van der Waals surface area (Å²) in [6.07, 6.45) is 7.34. The predicted molar refractivity (Wildman–Crippen MR) is 99.2 cm³/mol. The summed E-state index contributed by atoms with van der Waals surface area (Å²) < 4.78 is 0. The van der Waals surface area contributed by atoms with Crippen LogP contribution in [0, 0.1) is 5.92 Å². The van der Waals surface area contributed by atoms with E-state index in [9.17, 15) is 9.59 Å². The number of nitrogens with one attached hydrogen (secondary N) is 1. The van der Waals surface area contributed by atoms with Crippen LogP contribution in [-0.4, -0.2) is 54.3 Å². The maximum atomic E-state index is 13.0.